The first kappa shape index (κ1) is 15.9. The van der Waals surface area contributed by atoms with Crippen molar-refractivity contribution in [2.75, 3.05) is 19.4 Å². The number of aliphatic hydroxyl groups is 1. The lowest BCUT2D eigenvalue weighted by molar-refractivity contribution is -0.143. The number of hydrogen-bond acceptors (Lipinski definition) is 4. The Labute approximate surface area is 112 Å². The molecule has 5 nitrogen and oxygen atoms in total. The van der Waals surface area contributed by atoms with Gasteiger partial charge >= 0.3 is 5.97 Å². The molecule has 1 rings (SSSR count). The molecular weight excluding hydrogens is 267 g/mol. The van der Waals surface area contributed by atoms with Crippen LogP contribution >= 0.6 is 7.37 Å². The zero-order valence-corrected chi connectivity index (χ0v) is 11.6. The predicted molar refractivity (Wildman–Crippen MR) is 72.7 cm³/mol. The number of unbranched alkanes of at least 4 members (excludes halogenated alkanes) is 1. The summed E-state index contributed by atoms with van der Waals surface area (Å²) in [6.45, 7) is 0.303. The summed E-state index contributed by atoms with van der Waals surface area (Å²) in [5.74, 6) is -0.483. The molecule has 6 heteroatoms. The van der Waals surface area contributed by atoms with Crippen LogP contribution in [0.25, 0.3) is 0 Å². The van der Waals surface area contributed by atoms with E-state index in [0.717, 1.165) is 0 Å². The van der Waals surface area contributed by atoms with Crippen molar-refractivity contribution in [1.29, 1.82) is 0 Å². The SMILES string of the molecule is O=C(CCP(=O)(O)c1ccccc1)OCCCCO. The van der Waals surface area contributed by atoms with E-state index >= 15 is 0 Å². The van der Waals surface area contributed by atoms with Gasteiger partial charge in [-0.1, -0.05) is 18.2 Å². The number of ether oxygens (including phenoxy) is 1. The smallest absolute Gasteiger partial charge is 0.306 e. The standard InChI is InChI=1S/C13H19O5P/c14-9-4-5-10-18-13(15)8-11-19(16,17)12-6-2-1-3-7-12/h1-3,6-7,14H,4-5,8-11H2,(H,16,17). The van der Waals surface area contributed by atoms with Crippen molar-refractivity contribution < 1.29 is 24.1 Å². The number of esters is 1. The molecule has 0 saturated carbocycles. The minimum atomic E-state index is -3.48. The summed E-state index contributed by atoms with van der Waals surface area (Å²) in [5.41, 5.74) is 0. The van der Waals surface area contributed by atoms with Crippen LogP contribution < -0.4 is 5.30 Å². The van der Waals surface area contributed by atoms with Gasteiger partial charge in [0.2, 0.25) is 7.37 Å². The molecule has 0 aliphatic heterocycles. The minimum absolute atomic E-state index is 0.0669. The Morgan fingerprint density at radius 3 is 2.53 bits per heavy atom. The fourth-order valence-electron chi connectivity index (χ4n) is 1.50. The van der Waals surface area contributed by atoms with Crippen molar-refractivity contribution in [3.05, 3.63) is 30.3 Å². The quantitative estimate of drug-likeness (QED) is 0.427. The second-order valence-electron chi connectivity index (χ2n) is 4.16. The van der Waals surface area contributed by atoms with Gasteiger partial charge in [0.1, 0.15) is 0 Å². The minimum Gasteiger partial charge on any atom is -0.466 e. The summed E-state index contributed by atoms with van der Waals surface area (Å²) in [6.07, 6.45) is 0.977. The Balaban J connectivity index is 2.35. The van der Waals surface area contributed by atoms with Crippen LogP contribution in [0.3, 0.4) is 0 Å². The number of aliphatic hydroxyl groups excluding tert-OH is 1. The third-order valence-electron chi connectivity index (χ3n) is 2.59. The van der Waals surface area contributed by atoms with Crippen LogP contribution in [0.5, 0.6) is 0 Å². The van der Waals surface area contributed by atoms with E-state index in [1.165, 1.54) is 0 Å². The maximum atomic E-state index is 12.0. The van der Waals surface area contributed by atoms with Gasteiger partial charge in [0.15, 0.2) is 0 Å². The monoisotopic (exact) mass is 286 g/mol. The highest BCUT2D eigenvalue weighted by atomic mass is 31.2. The van der Waals surface area contributed by atoms with Crippen LogP contribution in [0, 0.1) is 0 Å². The highest BCUT2D eigenvalue weighted by Gasteiger charge is 2.22. The summed E-state index contributed by atoms with van der Waals surface area (Å²) in [6, 6.07) is 8.29. The molecule has 19 heavy (non-hydrogen) atoms. The first-order valence-electron chi connectivity index (χ1n) is 6.20. The van der Waals surface area contributed by atoms with Gasteiger partial charge in [-0.25, -0.2) is 0 Å². The third kappa shape index (κ3) is 6.01. The van der Waals surface area contributed by atoms with Crippen molar-refractivity contribution >= 4 is 18.6 Å². The van der Waals surface area contributed by atoms with Gasteiger partial charge in [0.25, 0.3) is 0 Å². The van der Waals surface area contributed by atoms with E-state index < -0.39 is 13.3 Å². The molecule has 1 unspecified atom stereocenters. The van der Waals surface area contributed by atoms with Crippen LogP contribution in [0.2, 0.25) is 0 Å². The van der Waals surface area contributed by atoms with Gasteiger partial charge in [-0.3, -0.25) is 9.36 Å². The molecule has 1 aromatic rings. The van der Waals surface area contributed by atoms with Gasteiger partial charge < -0.3 is 14.7 Å². The number of benzene rings is 1. The molecular formula is C13H19O5P. The summed E-state index contributed by atoms with van der Waals surface area (Å²) in [7, 11) is -3.48. The van der Waals surface area contributed by atoms with Crippen molar-refractivity contribution in [3.8, 4) is 0 Å². The maximum absolute atomic E-state index is 12.0. The van der Waals surface area contributed by atoms with E-state index in [-0.39, 0.29) is 25.8 Å². The van der Waals surface area contributed by atoms with E-state index in [4.69, 9.17) is 9.84 Å². The molecule has 0 aromatic heterocycles. The zero-order valence-electron chi connectivity index (χ0n) is 10.7. The Hall–Kier alpha value is -1.16. The van der Waals surface area contributed by atoms with Crippen LogP contribution in [-0.2, 0) is 14.1 Å². The maximum Gasteiger partial charge on any atom is 0.306 e. The predicted octanol–water partition coefficient (Wildman–Crippen LogP) is 1.29. The molecule has 0 aliphatic rings. The zero-order chi connectivity index (χ0) is 14.1. The van der Waals surface area contributed by atoms with Gasteiger partial charge in [-0.2, -0.15) is 0 Å². The summed E-state index contributed by atoms with van der Waals surface area (Å²) in [5, 5.41) is 8.91. The number of carbonyl (C=O) groups is 1. The lowest BCUT2D eigenvalue weighted by Gasteiger charge is -2.11. The first-order valence-corrected chi connectivity index (χ1v) is 8.04. The van der Waals surface area contributed by atoms with E-state index in [9.17, 15) is 14.3 Å². The molecule has 0 amide bonds. The second kappa shape index (κ2) is 8.10. The molecule has 1 atom stereocenters. The average Bonchev–Trinajstić information content (AvgIpc) is 2.42. The highest BCUT2D eigenvalue weighted by Crippen LogP contribution is 2.39. The van der Waals surface area contributed by atoms with E-state index in [2.05, 4.69) is 0 Å². The van der Waals surface area contributed by atoms with Crippen LogP contribution in [0.4, 0.5) is 0 Å². The largest absolute Gasteiger partial charge is 0.466 e. The van der Waals surface area contributed by atoms with E-state index in [1.807, 2.05) is 0 Å². The topological polar surface area (TPSA) is 83.8 Å². The number of rotatable bonds is 8. The summed E-state index contributed by atoms with van der Waals surface area (Å²) >= 11 is 0. The Kier molecular flexibility index (Phi) is 6.78. The van der Waals surface area contributed by atoms with Crippen molar-refractivity contribution in [3.63, 3.8) is 0 Å². The second-order valence-corrected chi connectivity index (χ2v) is 6.53. The molecule has 0 bridgehead atoms. The molecule has 0 radical (unpaired) electrons. The summed E-state index contributed by atoms with van der Waals surface area (Å²) in [4.78, 5) is 21.2. The van der Waals surface area contributed by atoms with Crippen LogP contribution in [0.15, 0.2) is 30.3 Å². The van der Waals surface area contributed by atoms with Crippen LogP contribution in [-0.4, -0.2) is 35.3 Å². The molecule has 0 fully saturated rings. The lowest BCUT2D eigenvalue weighted by Crippen LogP contribution is -2.12. The molecule has 0 heterocycles. The summed E-state index contributed by atoms with van der Waals surface area (Å²) < 4.78 is 16.9. The van der Waals surface area contributed by atoms with Gasteiger partial charge in [-0.05, 0) is 25.0 Å². The van der Waals surface area contributed by atoms with Crippen LogP contribution in [0.1, 0.15) is 19.3 Å². The number of carbonyl (C=O) groups excluding carboxylic acids is 1. The van der Waals surface area contributed by atoms with E-state index in [0.29, 0.717) is 18.1 Å². The van der Waals surface area contributed by atoms with Gasteiger partial charge in [0, 0.05) is 18.1 Å². The molecule has 2 N–H and O–H groups in total. The molecule has 106 valence electrons. The highest BCUT2D eigenvalue weighted by molar-refractivity contribution is 7.66. The Morgan fingerprint density at radius 2 is 1.89 bits per heavy atom. The molecule has 1 aromatic carbocycles. The molecule has 0 aliphatic carbocycles. The average molecular weight is 286 g/mol. The molecule has 0 spiro atoms. The number of hydrogen-bond donors (Lipinski definition) is 2. The lowest BCUT2D eigenvalue weighted by atomic mass is 10.3. The Morgan fingerprint density at radius 1 is 1.21 bits per heavy atom. The fourth-order valence-corrected chi connectivity index (χ4v) is 2.89. The Bertz CT molecular complexity index is 432. The van der Waals surface area contributed by atoms with Gasteiger partial charge in [-0.15, -0.1) is 0 Å². The van der Waals surface area contributed by atoms with Crippen molar-refractivity contribution in [2.24, 2.45) is 0 Å². The third-order valence-corrected chi connectivity index (χ3v) is 4.53. The van der Waals surface area contributed by atoms with Crippen molar-refractivity contribution in [1.82, 2.24) is 0 Å². The molecule has 0 saturated heterocycles. The van der Waals surface area contributed by atoms with Gasteiger partial charge in [0.05, 0.1) is 13.0 Å². The van der Waals surface area contributed by atoms with E-state index in [1.54, 1.807) is 30.3 Å². The normalized spacial score (nSPS) is 13.8. The fraction of sp³-hybridized carbons (Fsp3) is 0.462. The first-order chi connectivity index (χ1) is 9.06. The van der Waals surface area contributed by atoms with Crippen molar-refractivity contribution in [2.45, 2.75) is 19.3 Å².